The van der Waals surface area contributed by atoms with E-state index < -0.39 is 5.97 Å². The van der Waals surface area contributed by atoms with E-state index in [2.05, 4.69) is 16.7 Å². The highest BCUT2D eigenvalue weighted by Gasteiger charge is 2.61. The summed E-state index contributed by atoms with van der Waals surface area (Å²) in [6.45, 7) is 4.47. The number of amides is 2. The molecule has 0 saturated heterocycles. The third kappa shape index (κ3) is 5.20. The van der Waals surface area contributed by atoms with Crippen molar-refractivity contribution in [1.29, 1.82) is 5.26 Å². The summed E-state index contributed by atoms with van der Waals surface area (Å²) in [6.07, 6.45) is 3.11. The molecule has 0 bridgehead atoms. The number of carboxylic acid groups (broad SMARTS) is 1. The largest absolute Gasteiger partial charge is 0.493 e. The van der Waals surface area contributed by atoms with E-state index in [-0.39, 0.29) is 35.6 Å². The maximum Gasteiger partial charge on any atom is 0.303 e. The van der Waals surface area contributed by atoms with E-state index in [4.69, 9.17) is 9.84 Å². The Morgan fingerprint density at radius 2 is 2.06 bits per heavy atom. The average Bonchev–Trinajstić information content (AvgIpc) is 3.59. The van der Waals surface area contributed by atoms with Crippen molar-refractivity contribution in [2.75, 3.05) is 11.9 Å². The molecule has 1 aliphatic heterocycles. The third-order valence-electron chi connectivity index (χ3n) is 7.30. The molecule has 3 atom stereocenters. The first-order chi connectivity index (χ1) is 17.3. The van der Waals surface area contributed by atoms with Crippen LogP contribution in [-0.4, -0.2) is 35.5 Å². The van der Waals surface area contributed by atoms with Gasteiger partial charge in [0.15, 0.2) is 0 Å². The highest BCUT2D eigenvalue weighted by Crippen LogP contribution is 2.61. The molecule has 0 aromatic heterocycles. The minimum Gasteiger partial charge on any atom is -0.493 e. The van der Waals surface area contributed by atoms with Crippen molar-refractivity contribution in [2.45, 2.75) is 63.8 Å². The summed E-state index contributed by atoms with van der Waals surface area (Å²) in [7, 11) is 0. The molecule has 8 heteroatoms. The predicted molar refractivity (Wildman–Crippen MR) is 134 cm³/mol. The summed E-state index contributed by atoms with van der Waals surface area (Å²) in [4.78, 5) is 37.0. The number of anilines is 1. The first-order valence-electron chi connectivity index (χ1n) is 12.4. The van der Waals surface area contributed by atoms with E-state index in [9.17, 15) is 19.6 Å². The Balaban J connectivity index is 1.54. The topological polar surface area (TPSA) is 129 Å². The number of carbonyl (C=O) groups excluding carboxylic acids is 2. The van der Waals surface area contributed by atoms with Gasteiger partial charge in [0, 0.05) is 40.6 Å². The van der Waals surface area contributed by atoms with Crippen LogP contribution in [0.5, 0.6) is 5.75 Å². The molecule has 36 heavy (non-hydrogen) atoms. The summed E-state index contributed by atoms with van der Waals surface area (Å²) in [5.41, 5.74) is 2.81. The number of rotatable bonds is 9. The normalized spacial score (nSPS) is 20.4. The number of ether oxygens (including phenoxy) is 1. The number of nitrogens with zero attached hydrogens (tertiary/aromatic N) is 1. The van der Waals surface area contributed by atoms with Gasteiger partial charge >= 0.3 is 5.97 Å². The fraction of sp³-hybridized carbons (Fsp3) is 0.429. The number of hydrogen-bond acceptors (Lipinski definition) is 5. The second-order valence-corrected chi connectivity index (χ2v) is 9.73. The summed E-state index contributed by atoms with van der Waals surface area (Å²) >= 11 is 0. The van der Waals surface area contributed by atoms with Gasteiger partial charge in [-0.05, 0) is 74.9 Å². The molecule has 1 aliphatic carbocycles. The van der Waals surface area contributed by atoms with Crippen LogP contribution in [0.15, 0.2) is 36.4 Å². The van der Waals surface area contributed by atoms with E-state index in [1.54, 1.807) is 24.3 Å². The van der Waals surface area contributed by atoms with Crippen molar-refractivity contribution in [3.8, 4) is 11.8 Å². The number of carbonyl (C=O) groups is 3. The summed E-state index contributed by atoms with van der Waals surface area (Å²) in [6, 6.07) is 12.7. The van der Waals surface area contributed by atoms with Gasteiger partial charge in [0.05, 0.1) is 18.2 Å². The lowest BCUT2D eigenvalue weighted by Crippen LogP contribution is -2.32. The van der Waals surface area contributed by atoms with Crippen molar-refractivity contribution in [1.82, 2.24) is 5.32 Å². The van der Waals surface area contributed by atoms with Gasteiger partial charge in [-0.2, -0.15) is 5.26 Å². The maximum absolute atomic E-state index is 13.4. The quantitative estimate of drug-likeness (QED) is 0.485. The summed E-state index contributed by atoms with van der Waals surface area (Å²) in [5, 5.41) is 24.3. The molecule has 1 saturated carbocycles. The molecule has 3 N–H and O–H groups in total. The molecule has 1 unspecified atom stereocenters. The van der Waals surface area contributed by atoms with Gasteiger partial charge in [-0.25, -0.2) is 0 Å². The molecule has 1 heterocycles. The van der Waals surface area contributed by atoms with Gasteiger partial charge in [0.1, 0.15) is 5.75 Å². The number of hydrogen-bond donors (Lipinski definition) is 3. The van der Waals surface area contributed by atoms with Crippen LogP contribution >= 0.6 is 0 Å². The Hall–Kier alpha value is -3.86. The Bertz CT molecular complexity index is 1230. The standard InChI is InChI=1S/C28H31N3O5/c1-3-17(2)30-26(34)20-9-10-24-21(14-20)28(11-12-36-24)15-22(28)27(35)31-23-13-18(16-29)7-8-19(23)5-4-6-25(32)33/h7-10,13-14,17,22H,3-6,11-12,15H2,1-2H3,(H,30,34)(H,31,35)(H,32,33)/t17?,22-,28-/m0/s1. The zero-order valence-corrected chi connectivity index (χ0v) is 20.6. The monoisotopic (exact) mass is 489 g/mol. The van der Waals surface area contributed by atoms with Crippen molar-refractivity contribution in [2.24, 2.45) is 5.92 Å². The van der Waals surface area contributed by atoms with Crippen LogP contribution in [-0.2, 0) is 21.4 Å². The molecule has 1 spiro atoms. The lowest BCUT2D eigenvalue weighted by atomic mass is 9.86. The van der Waals surface area contributed by atoms with Crippen LogP contribution in [0.1, 0.15) is 73.0 Å². The highest BCUT2D eigenvalue weighted by molar-refractivity contribution is 5.98. The fourth-order valence-corrected chi connectivity index (χ4v) is 4.93. The van der Waals surface area contributed by atoms with E-state index in [1.165, 1.54) is 0 Å². The van der Waals surface area contributed by atoms with Crippen molar-refractivity contribution >= 4 is 23.5 Å². The molecule has 188 valence electrons. The first kappa shape index (κ1) is 25.2. The SMILES string of the molecule is CCC(C)NC(=O)c1ccc2c(c1)[C@]1(CCO2)C[C@H]1C(=O)Nc1cc(C#N)ccc1CCCC(=O)O. The average molecular weight is 490 g/mol. The van der Waals surface area contributed by atoms with Crippen LogP contribution in [0.2, 0.25) is 0 Å². The van der Waals surface area contributed by atoms with Crippen LogP contribution < -0.4 is 15.4 Å². The molecule has 2 amide bonds. The van der Waals surface area contributed by atoms with Crippen molar-refractivity contribution in [3.05, 3.63) is 58.7 Å². The van der Waals surface area contributed by atoms with E-state index in [0.29, 0.717) is 54.9 Å². The van der Waals surface area contributed by atoms with Crippen molar-refractivity contribution < 1.29 is 24.2 Å². The molecule has 4 rings (SSSR count). The van der Waals surface area contributed by atoms with E-state index in [0.717, 1.165) is 17.5 Å². The van der Waals surface area contributed by atoms with Gasteiger partial charge in [-0.15, -0.1) is 0 Å². The van der Waals surface area contributed by atoms with Gasteiger partial charge in [-0.3, -0.25) is 14.4 Å². The second-order valence-electron chi connectivity index (χ2n) is 9.73. The van der Waals surface area contributed by atoms with Gasteiger partial charge in [0.25, 0.3) is 5.91 Å². The second kappa shape index (κ2) is 10.4. The minimum atomic E-state index is -0.871. The van der Waals surface area contributed by atoms with Crippen LogP contribution in [0.3, 0.4) is 0 Å². The highest BCUT2D eigenvalue weighted by atomic mass is 16.5. The molecule has 8 nitrogen and oxygen atoms in total. The number of nitrogens with one attached hydrogen (secondary N) is 2. The summed E-state index contributed by atoms with van der Waals surface area (Å²) < 4.78 is 5.85. The number of carboxylic acids is 1. The number of aliphatic carboxylic acids is 1. The van der Waals surface area contributed by atoms with Crippen molar-refractivity contribution in [3.63, 3.8) is 0 Å². The zero-order chi connectivity index (χ0) is 25.9. The zero-order valence-electron chi connectivity index (χ0n) is 20.6. The van der Waals surface area contributed by atoms with Crippen LogP contribution in [0.4, 0.5) is 5.69 Å². The van der Waals surface area contributed by atoms with Crippen LogP contribution in [0, 0.1) is 17.2 Å². The first-order valence-corrected chi connectivity index (χ1v) is 12.4. The molecule has 2 aromatic carbocycles. The molecule has 1 fully saturated rings. The summed E-state index contributed by atoms with van der Waals surface area (Å²) in [5.74, 6) is -0.742. The van der Waals surface area contributed by atoms with Gasteiger partial charge in [0.2, 0.25) is 5.91 Å². The number of fused-ring (bicyclic) bond motifs is 2. The lowest BCUT2D eigenvalue weighted by molar-refractivity contribution is -0.137. The number of aryl methyl sites for hydroxylation is 1. The molecule has 2 aliphatic rings. The van der Waals surface area contributed by atoms with Gasteiger partial charge < -0.3 is 20.5 Å². The third-order valence-corrected chi connectivity index (χ3v) is 7.30. The maximum atomic E-state index is 13.4. The lowest BCUT2D eigenvalue weighted by Gasteiger charge is -2.27. The molecular formula is C28H31N3O5. The Labute approximate surface area is 210 Å². The Morgan fingerprint density at radius 1 is 1.25 bits per heavy atom. The molecule has 2 aromatic rings. The van der Waals surface area contributed by atoms with E-state index >= 15 is 0 Å². The van der Waals surface area contributed by atoms with Crippen LogP contribution in [0.25, 0.3) is 0 Å². The molecular weight excluding hydrogens is 458 g/mol. The number of nitriles is 1. The minimum absolute atomic E-state index is 0.0306. The van der Waals surface area contributed by atoms with Gasteiger partial charge in [-0.1, -0.05) is 13.0 Å². The Morgan fingerprint density at radius 3 is 2.78 bits per heavy atom. The van der Waals surface area contributed by atoms with E-state index in [1.807, 2.05) is 26.0 Å². The Kier molecular flexibility index (Phi) is 7.30. The smallest absolute Gasteiger partial charge is 0.303 e. The molecule has 0 radical (unpaired) electrons. The predicted octanol–water partition coefficient (Wildman–Crippen LogP) is 4.17. The number of benzene rings is 2. The fourth-order valence-electron chi connectivity index (χ4n) is 4.93.